The fraction of sp³-hybridized carbons (Fsp3) is 0.667. The van der Waals surface area contributed by atoms with E-state index in [0.29, 0.717) is 18.4 Å². The maximum Gasteiger partial charge on any atom is 0.218 e. The monoisotopic (exact) mass is 237 g/mol. The standard InChI is InChI=1S/C12H19N3O2/c1-3-17-12-6-11(13-8-14-12)15(2)7-9-4-10(16)5-9/h6,8-10,16H,3-5,7H2,1-2H3. The molecule has 1 aromatic rings. The molecule has 1 heterocycles. The van der Waals surface area contributed by atoms with Crippen molar-refractivity contribution >= 4 is 5.82 Å². The first-order valence-electron chi connectivity index (χ1n) is 6.03. The van der Waals surface area contributed by atoms with Crippen LogP contribution in [0.2, 0.25) is 0 Å². The highest BCUT2D eigenvalue weighted by molar-refractivity contribution is 5.39. The molecular weight excluding hydrogens is 218 g/mol. The van der Waals surface area contributed by atoms with Crippen LogP contribution >= 0.6 is 0 Å². The zero-order valence-corrected chi connectivity index (χ0v) is 10.3. The van der Waals surface area contributed by atoms with Gasteiger partial charge in [0.15, 0.2) is 0 Å². The van der Waals surface area contributed by atoms with Gasteiger partial charge in [-0.1, -0.05) is 0 Å². The van der Waals surface area contributed by atoms with Crippen LogP contribution < -0.4 is 9.64 Å². The number of aliphatic hydroxyl groups excluding tert-OH is 1. The summed E-state index contributed by atoms with van der Waals surface area (Å²) >= 11 is 0. The maximum atomic E-state index is 9.25. The molecule has 2 rings (SSSR count). The summed E-state index contributed by atoms with van der Waals surface area (Å²) in [7, 11) is 2.00. The largest absolute Gasteiger partial charge is 0.478 e. The zero-order valence-electron chi connectivity index (χ0n) is 10.3. The molecule has 0 radical (unpaired) electrons. The van der Waals surface area contributed by atoms with E-state index >= 15 is 0 Å². The Balaban J connectivity index is 1.93. The SMILES string of the molecule is CCOc1cc(N(C)CC2CC(O)C2)ncn1. The first-order chi connectivity index (χ1) is 8.19. The highest BCUT2D eigenvalue weighted by atomic mass is 16.5. The highest BCUT2D eigenvalue weighted by Gasteiger charge is 2.28. The fourth-order valence-corrected chi connectivity index (χ4v) is 2.10. The summed E-state index contributed by atoms with van der Waals surface area (Å²) < 4.78 is 5.34. The van der Waals surface area contributed by atoms with Gasteiger partial charge in [0.05, 0.1) is 12.7 Å². The van der Waals surface area contributed by atoms with Gasteiger partial charge in [0.25, 0.3) is 0 Å². The van der Waals surface area contributed by atoms with Gasteiger partial charge < -0.3 is 14.7 Å². The average molecular weight is 237 g/mol. The molecule has 0 spiro atoms. The molecule has 0 aromatic carbocycles. The number of hydrogen-bond donors (Lipinski definition) is 1. The molecule has 0 unspecified atom stereocenters. The first kappa shape index (κ1) is 12.1. The number of aromatic nitrogens is 2. The number of nitrogens with zero attached hydrogens (tertiary/aromatic N) is 3. The van der Waals surface area contributed by atoms with Crippen molar-refractivity contribution in [2.75, 3.05) is 25.1 Å². The highest BCUT2D eigenvalue weighted by Crippen LogP contribution is 2.28. The van der Waals surface area contributed by atoms with Crippen LogP contribution in [-0.4, -0.2) is 41.4 Å². The van der Waals surface area contributed by atoms with Crippen molar-refractivity contribution in [2.45, 2.75) is 25.9 Å². The summed E-state index contributed by atoms with van der Waals surface area (Å²) in [6, 6.07) is 1.85. The summed E-state index contributed by atoms with van der Waals surface area (Å²) in [5.74, 6) is 2.04. The number of ether oxygens (including phenoxy) is 1. The molecule has 1 aliphatic rings. The Labute approximate surface area is 101 Å². The van der Waals surface area contributed by atoms with Crippen molar-refractivity contribution in [2.24, 2.45) is 5.92 Å². The molecule has 5 nitrogen and oxygen atoms in total. The quantitative estimate of drug-likeness (QED) is 0.830. The van der Waals surface area contributed by atoms with Crippen molar-refractivity contribution in [3.8, 4) is 5.88 Å². The second-order valence-corrected chi connectivity index (χ2v) is 4.52. The fourth-order valence-electron chi connectivity index (χ4n) is 2.10. The van der Waals surface area contributed by atoms with Gasteiger partial charge in [-0.05, 0) is 25.7 Å². The minimum Gasteiger partial charge on any atom is -0.478 e. The Bertz CT molecular complexity index is 367. The minimum absolute atomic E-state index is 0.0993. The van der Waals surface area contributed by atoms with E-state index in [4.69, 9.17) is 4.74 Å². The van der Waals surface area contributed by atoms with Gasteiger partial charge in [0.2, 0.25) is 5.88 Å². The Morgan fingerprint density at radius 1 is 1.47 bits per heavy atom. The van der Waals surface area contributed by atoms with E-state index in [1.165, 1.54) is 6.33 Å². The summed E-state index contributed by atoms with van der Waals surface area (Å²) in [5, 5.41) is 9.25. The molecule has 5 heteroatoms. The third-order valence-corrected chi connectivity index (χ3v) is 3.05. The molecule has 1 aromatic heterocycles. The summed E-state index contributed by atoms with van der Waals surface area (Å²) in [6.45, 7) is 3.45. The topological polar surface area (TPSA) is 58.5 Å². The van der Waals surface area contributed by atoms with Crippen molar-refractivity contribution in [1.29, 1.82) is 0 Å². The van der Waals surface area contributed by atoms with E-state index in [-0.39, 0.29) is 6.10 Å². The number of hydrogen-bond acceptors (Lipinski definition) is 5. The van der Waals surface area contributed by atoms with Gasteiger partial charge in [-0.3, -0.25) is 0 Å². The Morgan fingerprint density at radius 3 is 2.88 bits per heavy atom. The zero-order chi connectivity index (χ0) is 12.3. The smallest absolute Gasteiger partial charge is 0.218 e. The van der Waals surface area contributed by atoms with Crippen LogP contribution in [0.5, 0.6) is 5.88 Å². The van der Waals surface area contributed by atoms with Crippen molar-refractivity contribution < 1.29 is 9.84 Å². The molecule has 1 aliphatic carbocycles. The van der Waals surface area contributed by atoms with Crippen LogP contribution in [0.3, 0.4) is 0 Å². The Hall–Kier alpha value is -1.36. The lowest BCUT2D eigenvalue weighted by Gasteiger charge is -2.34. The van der Waals surface area contributed by atoms with Crippen LogP contribution in [0.1, 0.15) is 19.8 Å². The molecule has 0 amide bonds. The van der Waals surface area contributed by atoms with Crippen LogP contribution in [0, 0.1) is 5.92 Å². The third kappa shape index (κ3) is 3.06. The maximum absolute atomic E-state index is 9.25. The lowest BCUT2D eigenvalue weighted by atomic mass is 9.82. The van der Waals surface area contributed by atoms with Gasteiger partial charge in [-0.25, -0.2) is 9.97 Å². The molecule has 17 heavy (non-hydrogen) atoms. The van der Waals surface area contributed by atoms with Gasteiger partial charge in [-0.2, -0.15) is 0 Å². The predicted octanol–water partition coefficient (Wildman–Crippen LogP) is 1.08. The van der Waals surface area contributed by atoms with Crippen molar-refractivity contribution in [3.63, 3.8) is 0 Å². The third-order valence-electron chi connectivity index (χ3n) is 3.05. The lowest BCUT2D eigenvalue weighted by molar-refractivity contribution is 0.0464. The number of anilines is 1. The summed E-state index contributed by atoms with van der Waals surface area (Å²) in [6.07, 6.45) is 3.21. The predicted molar refractivity (Wildman–Crippen MR) is 65.2 cm³/mol. The van der Waals surface area contributed by atoms with Crippen LogP contribution in [0.25, 0.3) is 0 Å². The van der Waals surface area contributed by atoms with Gasteiger partial charge in [-0.15, -0.1) is 0 Å². The second-order valence-electron chi connectivity index (χ2n) is 4.52. The Kier molecular flexibility index (Phi) is 3.78. The van der Waals surface area contributed by atoms with Crippen LogP contribution in [-0.2, 0) is 0 Å². The van der Waals surface area contributed by atoms with E-state index in [9.17, 15) is 5.11 Å². The number of aliphatic hydroxyl groups is 1. The van der Waals surface area contributed by atoms with Crippen LogP contribution in [0.4, 0.5) is 5.82 Å². The van der Waals surface area contributed by atoms with Crippen molar-refractivity contribution in [1.82, 2.24) is 9.97 Å². The first-order valence-corrected chi connectivity index (χ1v) is 6.03. The molecule has 1 saturated carbocycles. The molecule has 94 valence electrons. The molecule has 1 fully saturated rings. The second kappa shape index (κ2) is 5.31. The molecule has 0 aliphatic heterocycles. The lowest BCUT2D eigenvalue weighted by Crippen LogP contribution is -2.37. The normalized spacial score (nSPS) is 23.0. The average Bonchev–Trinajstić information content (AvgIpc) is 2.28. The molecule has 0 bridgehead atoms. The van der Waals surface area contributed by atoms with Crippen molar-refractivity contribution in [3.05, 3.63) is 12.4 Å². The molecule has 1 N–H and O–H groups in total. The van der Waals surface area contributed by atoms with E-state index in [1.807, 2.05) is 20.0 Å². The molecule has 0 atom stereocenters. The van der Waals surface area contributed by atoms with E-state index in [2.05, 4.69) is 14.9 Å². The van der Waals surface area contributed by atoms with E-state index in [1.54, 1.807) is 0 Å². The summed E-state index contributed by atoms with van der Waals surface area (Å²) in [4.78, 5) is 10.3. The minimum atomic E-state index is -0.0993. The Morgan fingerprint density at radius 2 is 2.24 bits per heavy atom. The van der Waals surface area contributed by atoms with Gasteiger partial charge in [0, 0.05) is 19.7 Å². The van der Waals surface area contributed by atoms with Gasteiger partial charge >= 0.3 is 0 Å². The van der Waals surface area contributed by atoms with Crippen LogP contribution in [0.15, 0.2) is 12.4 Å². The summed E-state index contributed by atoms with van der Waals surface area (Å²) in [5.41, 5.74) is 0. The van der Waals surface area contributed by atoms with E-state index < -0.39 is 0 Å². The number of rotatable bonds is 5. The van der Waals surface area contributed by atoms with E-state index in [0.717, 1.165) is 25.2 Å². The molecular formula is C12H19N3O2. The molecule has 0 saturated heterocycles. The van der Waals surface area contributed by atoms with Gasteiger partial charge in [0.1, 0.15) is 12.1 Å².